The predicted molar refractivity (Wildman–Crippen MR) is 152 cm³/mol. The Bertz CT molecular complexity index is 1480. The quantitative estimate of drug-likeness (QED) is 0.263. The molecule has 5 rings (SSSR count). The maximum atomic E-state index is 13.0. The lowest BCUT2D eigenvalue weighted by atomic mass is 10.0. The lowest BCUT2D eigenvalue weighted by Gasteiger charge is -2.28. The van der Waals surface area contributed by atoms with Crippen LogP contribution in [0, 0.1) is 13.8 Å². The number of anilines is 2. The molecule has 40 heavy (non-hydrogen) atoms. The molecule has 1 amide bonds. The number of nitrogens with zero attached hydrogens (tertiary/aromatic N) is 4. The average Bonchev–Trinajstić information content (AvgIpc) is 3.55. The summed E-state index contributed by atoms with van der Waals surface area (Å²) in [6, 6.07) is 17.5. The van der Waals surface area contributed by atoms with Crippen LogP contribution in [0.2, 0.25) is 0 Å². The van der Waals surface area contributed by atoms with E-state index in [1.165, 1.54) is 0 Å². The van der Waals surface area contributed by atoms with Gasteiger partial charge in [0.05, 0.1) is 17.3 Å². The summed E-state index contributed by atoms with van der Waals surface area (Å²) in [6.07, 6.45) is 3.05. The van der Waals surface area contributed by atoms with Crippen LogP contribution >= 0.6 is 0 Å². The van der Waals surface area contributed by atoms with E-state index < -0.39 is 5.60 Å². The average molecular weight is 542 g/mol. The highest BCUT2D eigenvalue weighted by Crippen LogP contribution is 2.40. The van der Waals surface area contributed by atoms with Crippen molar-refractivity contribution >= 4 is 17.7 Å². The van der Waals surface area contributed by atoms with Crippen molar-refractivity contribution in [2.45, 2.75) is 65.7 Å². The van der Waals surface area contributed by atoms with E-state index in [0.29, 0.717) is 36.2 Å². The molecule has 1 fully saturated rings. The summed E-state index contributed by atoms with van der Waals surface area (Å²) in [5.41, 5.74) is 4.36. The summed E-state index contributed by atoms with van der Waals surface area (Å²) >= 11 is 0. The smallest absolute Gasteiger partial charge is 0.410 e. The summed E-state index contributed by atoms with van der Waals surface area (Å²) in [5.74, 6) is 1.81. The van der Waals surface area contributed by atoms with Crippen LogP contribution in [-0.2, 0) is 11.3 Å². The molecule has 3 heterocycles. The number of nitrogens with one attached hydrogen (secondary N) is 1. The van der Waals surface area contributed by atoms with Crippen LogP contribution in [0.5, 0.6) is 5.75 Å². The molecule has 0 saturated carbocycles. The van der Waals surface area contributed by atoms with Gasteiger partial charge in [-0.1, -0.05) is 41.6 Å². The van der Waals surface area contributed by atoms with Gasteiger partial charge in [-0.15, -0.1) is 0 Å². The molecule has 1 aliphatic rings. The molecule has 9 heteroatoms. The molecular formula is C31H35N5O4. The Kier molecular flexibility index (Phi) is 7.73. The molecular weight excluding hydrogens is 506 g/mol. The first-order chi connectivity index (χ1) is 19.2. The number of aryl methyl sites for hydroxylation is 2. The second-order valence-corrected chi connectivity index (χ2v) is 11.0. The van der Waals surface area contributed by atoms with Crippen LogP contribution in [0.3, 0.4) is 0 Å². The normalized spacial score (nSPS) is 15.2. The largest absolute Gasteiger partial charge is 0.489 e. The third kappa shape index (κ3) is 6.25. The number of carbonyl (C=O) groups excluding carboxylic acids is 1. The fourth-order valence-electron chi connectivity index (χ4n) is 4.78. The minimum atomic E-state index is -0.583. The Balaban J connectivity index is 1.38. The van der Waals surface area contributed by atoms with Crippen molar-refractivity contribution in [1.82, 2.24) is 20.0 Å². The Morgan fingerprint density at radius 1 is 1.12 bits per heavy atom. The number of aromatic nitrogens is 3. The molecule has 1 atom stereocenters. The molecule has 2 aromatic heterocycles. The lowest BCUT2D eigenvalue weighted by Crippen LogP contribution is -2.36. The standard InChI is InChI=1S/C31H35N5O4/c1-20-18-32-29(33-23-13-9-14-24(17-23)38-19-22-11-7-6-8-12-22)34-27(20)26-21(2)40-35-28(26)25-15-10-16-36(25)30(37)39-31(3,4)5/h6-9,11-14,17-18,25H,10,15-16,19H2,1-5H3,(H,32,33,34)/t25-/m1/s1. The van der Waals surface area contributed by atoms with Gasteiger partial charge in [0.1, 0.15) is 29.4 Å². The summed E-state index contributed by atoms with van der Waals surface area (Å²) in [5, 5.41) is 7.69. The molecule has 9 nitrogen and oxygen atoms in total. The molecule has 0 aliphatic carbocycles. The highest BCUT2D eigenvalue weighted by molar-refractivity contribution is 5.73. The highest BCUT2D eigenvalue weighted by atomic mass is 16.6. The van der Waals surface area contributed by atoms with Gasteiger partial charge in [-0.2, -0.15) is 0 Å². The Labute approximate surface area is 234 Å². The molecule has 4 aromatic rings. The van der Waals surface area contributed by atoms with E-state index in [0.717, 1.165) is 41.0 Å². The van der Waals surface area contributed by atoms with E-state index in [2.05, 4.69) is 15.5 Å². The van der Waals surface area contributed by atoms with Gasteiger partial charge in [-0.3, -0.25) is 4.90 Å². The number of hydrogen-bond acceptors (Lipinski definition) is 8. The van der Waals surface area contributed by atoms with Crippen LogP contribution in [0.25, 0.3) is 11.3 Å². The van der Waals surface area contributed by atoms with Crippen LogP contribution in [-0.4, -0.2) is 38.3 Å². The van der Waals surface area contributed by atoms with E-state index in [-0.39, 0.29) is 12.1 Å². The Morgan fingerprint density at radius 2 is 1.93 bits per heavy atom. The van der Waals surface area contributed by atoms with Crippen molar-refractivity contribution in [3.05, 3.63) is 83.4 Å². The van der Waals surface area contributed by atoms with E-state index in [1.54, 1.807) is 11.1 Å². The van der Waals surface area contributed by atoms with E-state index in [1.807, 2.05) is 89.2 Å². The number of amides is 1. The molecule has 208 valence electrons. The lowest BCUT2D eigenvalue weighted by molar-refractivity contribution is 0.0220. The number of rotatable bonds is 7. The number of carbonyl (C=O) groups is 1. The van der Waals surface area contributed by atoms with Crippen molar-refractivity contribution in [2.24, 2.45) is 0 Å². The zero-order chi connectivity index (χ0) is 28.3. The van der Waals surface area contributed by atoms with Crippen molar-refractivity contribution in [1.29, 1.82) is 0 Å². The minimum Gasteiger partial charge on any atom is -0.489 e. The summed E-state index contributed by atoms with van der Waals surface area (Å²) in [4.78, 5) is 24.1. The molecule has 2 aromatic carbocycles. The first-order valence-corrected chi connectivity index (χ1v) is 13.5. The van der Waals surface area contributed by atoms with Crippen molar-refractivity contribution in [2.75, 3.05) is 11.9 Å². The fraction of sp³-hybridized carbons (Fsp3) is 0.355. The molecule has 0 unspecified atom stereocenters. The second-order valence-electron chi connectivity index (χ2n) is 11.0. The van der Waals surface area contributed by atoms with Gasteiger partial charge in [-0.05, 0) is 70.7 Å². The first kappa shape index (κ1) is 27.2. The molecule has 1 aliphatic heterocycles. The molecule has 1 saturated heterocycles. The van der Waals surface area contributed by atoms with Gasteiger partial charge in [0.15, 0.2) is 0 Å². The van der Waals surface area contributed by atoms with E-state index >= 15 is 0 Å². The van der Waals surface area contributed by atoms with Crippen molar-refractivity contribution in [3.8, 4) is 17.0 Å². The SMILES string of the molecule is Cc1cnc(Nc2cccc(OCc3ccccc3)c2)nc1-c1c([C@H]2CCCN2C(=O)OC(C)(C)C)noc1C. The van der Waals surface area contributed by atoms with Gasteiger partial charge in [-0.25, -0.2) is 14.8 Å². The molecule has 0 radical (unpaired) electrons. The zero-order valence-corrected chi connectivity index (χ0v) is 23.6. The van der Waals surface area contributed by atoms with Crippen molar-refractivity contribution in [3.63, 3.8) is 0 Å². The van der Waals surface area contributed by atoms with Crippen LogP contribution in [0.15, 0.2) is 65.3 Å². The summed E-state index contributed by atoms with van der Waals surface area (Å²) < 4.78 is 17.3. The first-order valence-electron chi connectivity index (χ1n) is 13.5. The monoisotopic (exact) mass is 541 g/mol. The predicted octanol–water partition coefficient (Wildman–Crippen LogP) is 7.14. The number of hydrogen-bond donors (Lipinski definition) is 1. The van der Waals surface area contributed by atoms with Crippen LogP contribution in [0.1, 0.15) is 62.2 Å². The fourth-order valence-corrected chi connectivity index (χ4v) is 4.78. The van der Waals surface area contributed by atoms with Gasteiger partial charge < -0.3 is 19.3 Å². The number of ether oxygens (including phenoxy) is 2. The number of likely N-dealkylation sites (tertiary alicyclic amines) is 1. The zero-order valence-electron chi connectivity index (χ0n) is 23.6. The Morgan fingerprint density at radius 3 is 2.70 bits per heavy atom. The summed E-state index contributed by atoms with van der Waals surface area (Å²) in [7, 11) is 0. The van der Waals surface area contributed by atoms with Crippen molar-refractivity contribution < 1.29 is 18.8 Å². The highest BCUT2D eigenvalue weighted by Gasteiger charge is 2.37. The third-order valence-corrected chi connectivity index (χ3v) is 6.63. The topological polar surface area (TPSA) is 103 Å². The van der Waals surface area contributed by atoms with Gasteiger partial charge in [0.2, 0.25) is 5.95 Å². The molecule has 0 spiro atoms. The summed E-state index contributed by atoms with van der Waals surface area (Å²) in [6.45, 7) is 10.5. The third-order valence-electron chi connectivity index (χ3n) is 6.63. The van der Waals surface area contributed by atoms with Gasteiger partial charge >= 0.3 is 6.09 Å². The van der Waals surface area contributed by atoms with E-state index in [4.69, 9.17) is 19.0 Å². The Hall–Kier alpha value is -4.40. The maximum Gasteiger partial charge on any atom is 0.410 e. The number of benzene rings is 2. The second kappa shape index (κ2) is 11.4. The van der Waals surface area contributed by atoms with Gasteiger partial charge in [0, 0.05) is 24.5 Å². The van der Waals surface area contributed by atoms with Crippen LogP contribution in [0.4, 0.5) is 16.4 Å². The molecule has 0 bridgehead atoms. The minimum absolute atomic E-state index is 0.258. The van der Waals surface area contributed by atoms with E-state index in [9.17, 15) is 4.79 Å². The van der Waals surface area contributed by atoms with Crippen LogP contribution < -0.4 is 10.1 Å². The molecule has 1 N–H and O–H groups in total. The maximum absolute atomic E-state index is 13.0. The van der Waals surface area contributed by atoms with Gasteiger partial charge in [0.25, 0.3) is 0 Å².